The SMILES string of the molecule is CN(C)C1C(=O)C(C([NH3+])=O)=C(O)C2(O)C(=O)C3=C(O)c4c(O)ccc(-c5ccoc5)c4CC3CC12. The first-order valence-electron chi connectivity index (χ1n) is 11.1. The quantitative estimate of drug-likeness (QED) is 0.391. The number of likely N-dealkylation sites (N-methyl/N-ethyl adjacent to an activating group) is 1. The normalized spacial score (nSPS) is 28.2. The van der Waals surface area contributed by atoms with Crippen LogP contribution in [0.3, 0.4) is 0 Å². The number of fused-ring (bicyclic) bond motifs is 3. The van der Waals surface area contributed by atoms with Gasteiger partial charge in [-0.05, 0) is 56.1 Å². The van der Waals surface area contributed by atoms with Gasteiger partial charge in [-0.2, -0.15) is 0 Å². The Morgan fingerprint density at radius 1 is 1.17 bits per heavy atom. The van der Waals surface area contributed by atoms with Gasteiger partial charge in [-0.1, -0.05) is 6.07 Å². The Morgan fingerprint density at radius 2 is 1.89 bits per heavy atom. The van der Waals surface area contributed by atoms with Crippen molar-refractivity contribution in [3.05, 3.63) is 58.8 Å². The van der Waals surface area contributed by atoms with Crippen LogP contribution in [0.25, 0.3) is 16.9 Å². The minimum atomic E-state index is -2.61. The molecule has 0 saturated heterocycles. The molecule has 1 amide bonds. The van der Waals surface area contributed by atoms with Crippen molar-refractivity contribution < 1.29 is 45.0 Å². The van der Waals surface area contributed by atoms with Crippen LogP contribution in [-0.2, 0) is 20.8 Å². The molecule has 7 N–H and O–H groups in total. The van der Waals surface area contributed by atoms with E-state index < -0.39 is 58.0 Å². The van der Waals surface area contributed by atoms with E-state index in [0.29, 0.717) is 16.7 Å². The minimum Gasteiger partial charge on any atom is -0.508 e. The maximum absolute atomic E-state index is 13.8. The molecule has 0 bridgehead atoms. The van der Waals surface area contributed by atoms with Gasteiger partial charge in [0.1, 0.15) is 11.5 Å². The van der Waals surface area contributed by atoms with Crippen molar-refractivity contribution in [2.45, 2.75) is 24.5 Å². The highest BCUT2D eigenvalue weighted by molar-refractivity contribution is 6.22. The van der Waals surface area contributed by atoms with E-state index in [4.69, 9.17) is 4.42 Å². The van der Waals surface area contributed by atoms with Crippen molar-refractivity contribution in [2.24, 2.45) is 11.8 Å². The summed E-state index contributed by atoms with van der Waals surface area (Å²) in [6, 6.07) is 3.73. The second-order valence-electron chi connectivity index (χ2n) is 9.52. The Bertz CT molecular complexity index is 1350. The first kappa shape index (κ1) is 23.0. The number of furan rings is 1. The molecule has 4 atom stereocenters. The van der Waals surface area contributed by atoms with E-state index in [9.17, 15) is 34.8 Å². The van der Waals surface area contributed by atoms with Gasteiger partial charge in [0.15, 0.2) is 22.7 Å². The van der Waals surface area contributed by atoms with Gasteiger partial charge in [0.05, 0.1) is 24.1 Å². The average Bonchev–Trinajstić information content (AvgIpc) is 3.30. The summed E-state index contributed by atoms with van der Waals surface area (Å²) in [5.74, 6) is -6.26. The van der Waals surface area contributed by atoms with E-state index in [1.165, 1.54) is 23.5 Å². The summed E-state index contributed by atoms with van der Waals surface area (Å²) in [5.41, 5.74) is 1.76. The molecule has 0 aliphatic heterocycles. The number of rotatable bonds is 3. The van der Waals surface area contributed by atoms with Crippen LogP contribution < -0.4 is 5.73 Å². The van der Waals surface area contributed by atoms with Crippen LogP contribution in [0, 0.1) is 11.8 Å². The number of aromatic hydroxyl groups is 1. The van der Waals surface area contributed by atoms with E-state index >= 15 is 0 Å². The number of Topliss-reactive ketones (excluding diaryl/α,β-unsaturated/α-hetero) is 2. The molecule has 3 aliphatic carbocycles. The zero-order valence-corrected chi connectivity index (χ0v) is 19.1. The number of aliphatic hydroxyl groups excluding tert-OH is 2. The fraction of sp³-hybridized carbons (Fsp3) is 0.320. The molecule has 2 aromatic rings. The van der Waals surface area contributed by atoms with Gasteiger partial charge in [-0.3, -0.25) is 20.2 Å². The van der Waals surface area contributed by atoms with E-state index in [-0.39, 0.29) is 29.7 Å². The van der Waals surface area contributed by atoms with E-state index in [2.05, 4.69) is 5.73 Å². The lowest BCUT2D eigenvalue weighted by Gasteiger charge is -2.50. The maximum Gasteiger partial charge on any atom is 0.348 e. The maximum atomic E-state index is 13.8. The lowest BCUT2D eigenvalue weighted by molar-refractivity contribution is -0.299. The number of phenolic OH excluding ortho intramolecular Hbond substituents is 1. The topological polar surface area (TPSA) is 176 Å². The predicted molar refractivity (Wildman–Crippen MR) is 121 cm³/mol. The summed E-state index contributed by atoms with van der Waals surface area (Å²) in [6.07, 6.45) is 3.30. The Hall–Kier alpha value is -3.73. The van der Waals surface area contributed by atoms with E-state index in [0.717, 1.165) is 0 Å². The molecule has 1 heterocycles. The summed E-state index contributed by atoms with van der Waals surface area (Å²) < 4.78 is 5.19. The Morgan fingerprint density at radius 3 is 2.49 bits per heavy atom. The zero-order valence-electron chi connectivity index (χ0n) is 19.1. The molecule has 4 unspecified atom stereocenters. The number of benzene rings is 1. The number of quaternary nitrogens is 1. The summed E-state index contributed by atoms with van der Waals surface area (Å²) in [6.45, 7) is 0. The third kappa shape index (κ3) is 2.97. The number of hydrogen-bond acceptors (Lipinski definition) is 9. The highest BCUT2D eigenvalue weighted by Crippen LogP contribution is 2.53. The van der Waals surface area contributed by atoms with Crippen LogP contribution in [0.5, 0.6) is 5.75 Å². The fourth-order valence-corrected chi connectivity index (χ4v) is 5.96. The number of hydrogen-bond donors (Lipinski definition) is 5. The smallest absolute Gasteiger partial charge is 0.348 e. The average molecular weight is 481 g/mol. The highest BCUT2D eigenvalue weighted by Gasteiger charge is 2.64. The highest BCUT2D eigenvalue weighted by atomic mass is 16.3. The monoisotopic (exact) mass is 481 g/mol. The van der Waals surface area contributed by atoms with Crippen molar-refractivity contribution in [3.63, 3.8) is 0 Å². The molecule has 35 heavy (non-hydrogen) atoms. The number of nitrogens with zero attached hydrogens (tertiary/aromatic N) is 1. The standard InChI is InChI=1S/C25H24N2O8/c1-27(2)19-14-8-11-7-13-12(10-5-6-35-9-10)3-4-15(28)17(13)20(29)16(11)22(31)25(14,34)23(32)18(21(19)30)24(26)33/h3-6,9,11,14,19,28-29,32,34H,7-8H2,1-2H3,(H2,26,33)/p+1. The molecular formula is C25H25N2O8+. The molecule has 1 saturated carbocycles. The van der Waals surface area contributed by atoms with Gasteiger partial charge in [0, 0.05) is 17.1 Å². The van der Waals surface area contributed by atoms with Crippen LogP contribution in [0.4, 0.5) is 0 Å². The van der Waals surface area contributed by atoms with Gasteiger partial charge in [-0.15, -0.1) is 0 Å². The number of carbonyl (C=O) groups excluding carboxylic acids is 3. The Kier molecular flexibility index (Phi) is 5.03. The Labute approximate surface area is 199 Å². The summed E-state index contributed by atoms with van der Waals surface area (Å²) in [5, 5.41) is 44.3. The van der Waals surface area contributed by atoms with Crippen LogP contribution in [0.2, 0.25) is 0 Å². The second kappa shape index (κ2) is 7.64. The van der Waals surface area contributed by atoms with Crippen molar-refractivity contribution in [3.8, 4) is 16.9 Å². The number of amides is 1. The largest absolute Gasteiger partial charge is 0.508 e. The zero-order chi connectivity index (χ0) is 25.4. The molecule has 10 nitrogen and oxygen atoms in total. The van der Waals surface area contributed by atoms with E-state index in [1.54, 1.807) is 26.2 Å². The van der Waals surface area contributed by atoms with Crippen LogP contribution in [0.15, 0.2) is 52.0 Å². The molecule has 5 rings (SSSR count). The third-order valence-electron chi connectivity index (χ3n) is 7.47. The number of aliphatic hydroxyl groups is 3. The first-order valence-corrected chi connectivity index (χ1v) is 11.1. The van der Waals surface area contributed by atoms with Gasteiger partial charge in [-0.25, -0.2) is 4.79 Å². The van der Waals surface area contributed by atoms with Gasteiger partial charge >= 0.3 is 5.91 Å². The van der Waals surface area contributed by atoms with Crippen LogP contribution in [-0.4, -0.2) is 68.5 Å². The van der Waals surface area contributed by atoms with Crippen molar-refractivity contribution >= 4 is 23.2 Å². The van der Waals surface area contributed by atoms with Crippen molar-refractivity contribution in [1.29, 1.82) is 0 Å². The van der Waals surface area contributed by atoms with Crippen molar-refractivity contribution in [2.75, 3.05) is 14.1 Å². The molecule has 10 heteroatoms. The number of phenols is 1. The summed E-state index contributed by atoms with van der Waals surface area (Å²) in [7, 11) is 3.16. The molecular weight excluding hydrogens is 456 g/mol. The molecule has 1 aromatic heterocycles. The molecule has 182 valence electrons. The van der Waals surface area contributed by atoms with E-state index in [1.807, 2.05) is 0 Å². The van der Waals surface area contributed by atoms with Gasteiger partial charge in [0.25, 0.3) is 0 Å². The molecule has 1 aromatic carbocycles. The Balaban J connectivity index is 1.75. The molecule has 1 fully saturated rings. The number of ketones is 2. The number of carbonyl (C=O) groups is 3. The minimum absolute atomic E-state index is 0.0540. The van der Waals surface area contributed by atoms with Crippen LogP contribution in [0.1, 0.15) is 17.5 Å². The van der Waals surface area contributed by atoms with Gasteiger partial charge in [0.2, 0.25) is 5.78 Å². The molecule has 3 aliphatic rings. The van der Waals surface area contributed by atoms with Crippen molar-refractivity contribution in [1.82, 2.24) is 4.90 Å². The fourth-order valence-electron chi connectivity index (χ4n) is 5.96. The lowest BCUT2D eigenvalue weighted by Crippen LogP contribution is -2.68. The predicted octanol–water partition coefficient (Wildman–Crippen LogP) is 0.507. The first-order chi connectivity index (χ1) is 16.5. The summed E-state index contributed by atoms with van der Waals surface area (Å²) in [4.78, 5) is 40.6. The van der Waals surface area contributed by atoms with Crippen LogP contribution >= 0.6 is 0 Å². The summed E-state index contributed by atoms with van der Waals surface area (Å²) >= 11 is 0. The lowest BCUT2D eigenvalue weighted by atomic mass is 9.57. The van der Waals surface area contributed by atoms with Gasteiger partial charge < -0.3 is 24.8 Å². The molecule has 0 radical (unpaired) electrons. The second-order valence-corrected chi connectivity index (χ2v) is 9.52. The third-order valence-corrected chi connectivity index (χ3v) is 7.47. The molecule has 0 spiro atoms.